The van der Waals surface area contributed by atoms with Crippen molar-refractivity contribution in [1.29, 1.82) is 0 Å². The van der Waals surface area contributed by atoms with Gasteiger partial charge < -0.3 is 15.0 Å². The fourth-order valence-corrected chi connectivity index (χ4v) is 5.13. The highest BCUT2D eigenvalue weighted by molar-refractivity contribution is 5.99. The van der Waals surface area contributed by atoms with Gasteiger partial charge in [0.2, 0.25) is 0 Å². The lowest BCUT2D eigenvalue weighted by Gasteiger charge is -2.37. The van der Waals surface area contributed by atoms with Crippen molar-refractivity contribution in [3.8, 4) is 5.75 Å². The molecule has 3 aromatic rings. The van der Waals surface area contributed by atoms with Crippen molar-refractivity contribution >= 4 is 11.7 Å². The van der Waals surface area contributed by atoms with Crippen molar-refractivity contribution < 1.29 is 22.7 Å². The largest absolute Gasteiger partial charge is 0.496 e. The van der Waals surface area contributed by atoms with Crippen LogP contribution in [0.4, 0.5) is 19.0 Å². The van der Waals surface area contributed by atoms with Gasteiger partial charge in [-0.15, -0.1) is 0 Å². The van der Waals surface area contributed by atoms with Gasteiger partial charge in [0.05, 0.1) is 25.4 Å². The number of ether oxygens (including phenoxy) is 1. The van der Waals surface area contributed by atoms with Gasteiger partial charge >= 0.3 is 6.18 Å². The summed E-state index contributed by atoms with van der Waals surface area (Å²) in [5.41, 5.74) is 1.64. The molecule has 4 heterocycles. The summed E-state index contributed by atoms with van der Waals surface area (Å²) in [6.45, 7) is 0.516. The summed E-state index contributed by atoms with van der Waals surface area (Å²) >= 11 is 0. The number of carbonyl (C=O) groups excluding carboxylic acids is 1. The van der Waals surface area contributed by atoms with E-state index in [0.29, 0.717) is 17.9 Å². The van der Waals surface area contributed by atoms with Crippen LogP contribution < -0.4 is 10.1 Å². The third-order valence-electron chi connectivity index (χ3n) is 6.82. The first-order chi connectivity index (χ1) is 16.9. The van der Waals surface area contributed by atoms with E-state index in [4.69, 9.17) is 4.74 Å². The fraction of sp³-hybridized carbons (Fsp3) is 0.400. The molecule has 3 atom stereocenters. The number of nitrogens with zero attached hydrogens (tertiary/aromatic N) is 4. The zero-order valence-corrected chi connectivity index (χ0v) is 19.2. The topological polar surface area (TPSA) is 72.3 Å². The van der Waals surface area contributed by atoms with Crippen LogP contribution in [0.2, 0.25) is 0 Å². The molecule has 0 spiro atoms. The molecule has 0 bridgehead atoms. The number of para-hydroxylation sites is 1. The van der Waals surface area contributed by atoms with Crippen LogP contribution in [0.5, 0.6) is 5.75 Å². The fourth-order valence-electron chi connectivity index (χ4n) is 5.13. The highest BCUT2D eigenvalue weighted by Crippen LogP contribution is 2.46. The lowest BCUT2D eigenvalue weighted by Crippen LogP contribution is -2.40. The lowest BCUT2D eigenvalue weighted by atomic mass is 9.94. The summed E-state index contributed by atoms with van der Waals surface area (Å²) in [5, 5.41) is 7.21. The van der Waals surface area contributed by atoms with E-state index >= 15 is 0 Å². The number of benzene rings is 1. The van der Waals surface area contributed by atoms with Crippen LogP contribution in [-0.2, 0) is 0 Å². The Bertz CT molecular complexity index is 1200. The minimum absolute atomic E-state index is 0.0787. The third kappa shape index (κ3) is 4.33. The van der Waals surface area contributed by atoms with E-state index in [1.165, 1.54) is 13.3 Å². The second-order valence-corrected chi connectivity index (χ2v) is 8.88. The van der Waals surface area contributed by atoms with Gasteiger partial charge in [0.15, 0.2) is 6.04 Å². The van der Waals surface area contributed by atoms with Crippen molar-refractivity contribution in [3.63, 3.8) is 0 Å². The summed E-state index contributed by atoms with van der Waals surface area (Å²) in [4.78, 5) is 19.7. The van der Waals surface area contributed by atoms with E-state index in [-0.39, 0.29) is 29.8 Å². The van der Waals surface area contributed by atoms with Crippen LogP contribution in [0.1, 0.15) is 65.3 Å². The Morgan fingerprint density at radius 1 is 1.14 bits per heavy atom. The number of hydrogen-bond acceptors (Lipinski definition) is 5. The Morgan fingerprint density at radius 3 is 2.71 bits per heavy atom. The molecule has 0 aliphatic carbocycles. The number of pyridine rings is 1. The Morgan fingerprint density at radius 2 is 1.97 bits per heavy atom. The summed E-state index contributed by atoms with van der Waals surface area (Å²) < 4.78 is 48.7. The molecule has 184 valence electrons. The standard InChI is InChI=1S/C25H26F3N5O2/c1-35-21-10-3-2-8-17(21)19-13-22(25(26,27)28)33-23(31-19)18(15-30-33)24(34)32-12-5-4-9-20(32)16-7-6-11-29-14-16/h2-3,6-8,10-11,14-15,19-20,22,31H,4-5,9,12-13H2,1H3/t19-,20-,22+/m0/s1. The Labute approximate surface area is 200 Å². The minimum Gasteiger partial charge on any atom is -0.496 e. The Kier molecular flexibility index (Phi) is 6.12. The zero-order valence-electron chi connectivity index (χ0n) is 19.2. The molecule has 2 aromatic heterocycles. The van der Waals surface area contributed by atoms with E-state index in [1.54, 1.807) is 41.6 Å². The number of anilines is 1. The van der Waals surface area contributed by atoms with E-state index in [1.807, 2.05) is 12.1 Å². The predicted octanol–water partition coefficient (Wildman–Crippen LogP) is 5.31. The van der Waals surface area contributed by atoms with E-state index in [2.05, 4.69) is 15.4 Å². The number of carbonyl (C=O) groups is 1. The number of methoxy groups -OCH3 is 1. The molecule has 35 heavy (non-hydrogen) atoms. The predicted molar refractivity (Wildman–Crippen MR) is 123 cm³/mol. The maximum absolute atomic E-state index is 14.1. The van der Waals surface area contributed by atoms with Crippen LogP contribution in [0.25, 0.3) is 0 Å². The van der Waals surface area contributed by atoms with Crippen molar-refractivity contribution in [2.45, 2.75) is 50.0 Å². The Hall–Kier alpha value is -3.56. The van der Waals surface area contributed by atoms with Crippen LogP contribution in [0.3, 0.4) is 0 Å². The smallest absolute Gasteiger partial charge is 0.410 e. The van der Waals surface area contributed by atoms with Crippen LogP contribution in [-0.4, -0.2) is 45.4 Å². The number of nitrogens with one attached hydrogen (secondary N) is 1. The molecular weight excluding hydrogens is 459 g/mol. The first-order valence-corrected chi connectivity index (χ1v) is 11.6. The normalized spacial score (nSPS) is 22.3. The van der Waals surface area contributed by atoms with E-state index in [0.717, 1.165) is 29.5 Å². The maximum Gasteiger partial charge on any atom is 0.410 e. The SMILES string of the molecule is COc1ccccc1[C@@H]1C[C@H](C(F)(F)F)n2ncc(C(=O)N3CCCC[C@H]3c3cccnc3)c2N1. The molecule has 1 amide bonds. The van der Waals surface area contributed by atoms with Crippen LogP contribution in [0.15, 0.2) is 55.0 Å². The molecule has 7 nitrogen and oxygen atoms in total. The average Bonchev–Trinajstić information content (AvgIpc) is 3.31. The molecular formula is C25H26F3N5O2. The van der Waals surface area contributed by atoms with Gasteiger partial charge in [-0.3, -0.25) is 9.78 Å². The van der Waals surface area contributed by atoms with Crippen molar-refractivity contribution in [1.82, 2.24) is 19.7 Å². The number of piperidine rings is 1. The molecule has 1 saturated heterocycles. The van der Waals surface area contributed by atoms with Crippen molar-refractivity contribution in [2.24, 2.45) is 0 Å². The summed E-state index contributed by atoms with van der Waals surface area (Å²) in [7, 11) is 1.48. The second-order valence-electron chi connectivity index (χ2n) is 8.88. The number of likely N-dealkylation sites (tertiary alicyclic amines) is 1. The first-order valence-electron chi connectivity index (χ1n) is 11.6. The van der Waals surface area contributed by atoms with E-state index < -0.39 is 18.3 Å². The lowest BCUT2D eigenvalue weighted by molar-refractivity contribution is -0.173. The van der Waals surface area contributed by atoms with Crippen molar-refractivity contribution in [2.75, 3.05) is 19.0 Å². The minimum atomic E-state index is -4.53. The number of rotatable bonds is 4. The number of aromatic nitrogens is 3. The van der Waals surface area contributed by atoms with Crippen LogP contribution >= 0.6 is 0 Å². The molecule has 0 saturated carbocycles. The van der Waals surface area contributed by atoms with Gasteiger partial charge in [0.1, 0.15) is 17.1 Å². The number of alkyl halides is 3. The molecule has 0 radical (unpaired) electrons. The number of amides is 1. The molecule has 1 aromatic carbocycles. The van der Waals surface area contributed by atoms with Gasteiger partial charge in [-0.25, -0.2) is 4.68 Å². The van der Waals surface area contributed by atoms with Gasteiger partial charge in [0, 0.05) is 30.9 Å². The second kappa shape index (κ2) is 9.24. The molecule has 2 aliphatic rings. The highest BCUT2D eigenvalue weighted by atomic mass is 19.4. The summed E-state index contributed by atoms with van der Waals surface area (Å²) in [6, 6.07) is 7.95. The number of hydrogen-bond donors (Lipinski definition) is 1. The van der Waals surface area contributed by atoms with Gasteiger partial charge in [-0.2, -0.15) is 18.3 Å². The third-order valence-corrected chi connectivity index (χ3v) is 6.82. The monoisotopic (exact) mass is 485 g/mol. The molecule has 0 unspecified atom stereocenters. The van der Waals surface area contributed by atoms with Gasteiger partial charge in [-0.05, 0) is 37.0 Å². The first kappa shape index (κ1) is 23.2. The molecule has 10 heteroatoms. The Balaban J connectivity index is 1.53. The highest BCUT2D eigenvalue weighted by Gasteiger charge is 2.48. The van der Waals surface area contributed by atoms with Crippen LogP contribution in [0, 0.1) is 0 Å². The quantitative estimate of drug-likeness (QED) is 0.542. The summed E-state index contributed by atoms with van der Waals surface area (Å²) in [6.07, 6.45) is 2.41. The van der Waals surface area contributed by atoms with Crippen molar-refractivity contribution in [3.05, 3.63) is 71.7 Å². The molecule has 1 N–H and O–H groups in total. The summed E-state index contributed by atoms with van der Waals surface area (Å²) in [5.74, 6) is 0.225. The molecule has 2 aliphatic heterocycles. The van der Waals surface area contributed by atoms with E-state index in [9.17, 15) is 18.0 Å². The maximum atomic E-state index is 14.1. The zero-order chi connectivity index (χ0) is 24.6. The van der Waals surface area contributed by atoms with Gasteiger partial charge in [-0.1, -0.05) is 24.3 Å². The molecule has 5 rings (SSSR count). The number of fused-ring (bicyclic) bond motifs is 1. The molecule has 1 fully saturated rings. The number of halogens is 3. The average molecular weight is 486 g/mol. The van der Waals surface area contributed by atoms with Gasteiger partial charge in [0.25, 0.3) is 5.91 Å².